The summed E-state index contributed by atoms with van der Waals surface area (Å²) >= 11 is 3.61. The van der Waals surface area contributed by atoms with Crippen LogP contribution in [0.5, 0.6) is 0 Å². The molecule has 1 saturated heterocycles. The fraction of sp³-hybridized carbons (Fsp3) is 0.519. The number of aryl methyl sites for hydroxylation is 1. The number of likely N-dealkylation sites (tertiary alicyclic amines) is 1. The van der Waals surface area contributed by atoms with Crippen LogP contribution < -0.4 is 0 Å². The first-order chi connectivity index (χ1) is 15.7. The van der Waals surface area contributed by atoms with Crippen LogP contribution in [0.1, 0.15) is 48.8 Å². The molecule has 0 spiro atoms. The third-order valence-electron chi connectivity index (χ3n) is 7.34. The van der Waals surface area contributed by atoms with Gasteiger partial charge in [0.05, 0.1) is 23.2 Å². The first kappa shape index (κ1) is 23.0. The molecule has 1 unspecified atom stereocenters. The largest absolute Gasteiger partial charge is 0.383 e. The Labute approximate surface area is 204 Å². The van der Waals surface area contributed by atoms with Gasteiger partial charge in [-0.15, -0.1) is 0 Å². The zero-order chi connectivity index (χ0) is 23.3. The molecule has 1 fully saturated rings. The van der Waals surface area contributed by atoms with Gasteiger partial charge in [-0.2, -0.15) is 0 Å². The maximum atomic E-state index is 10.9. The number of methoxy groups -OCH3 is 1. The monoisotopic (exact) mass is 511 g/mol. The van der Waals surface area contributed by atoms with Crippen LogP contribution >= 0.6 is 15.9 Å². The van der Waals surface area contributed by atoms with Crippen molar-refractivity contribution in [2.24, 2.45) is 5.92 Å². The minimum Gasteiger partial charge on any atom is -0.383 e. The van der Waals surface area contributed by atoms with Crippen molar-refractivity contribution in [2.75, 3.05) is 26.7 Å². The topological polar surface area (TPSA) is 50.5 Å². The Morgan fingerprint density at radius 2 is 1.94 bits per heavy atom. The van der Waals surface area contributed by atoms with Crippen molar-refractivity contribution in [3.05, 3.63) is 63.4 Å². The molecule has 3 atom stereocenters. The Kier molecular flexibility index (Phi) is 6.15. The molecule has 0 saturated carbocycles. The highest BCUT2D eigenvalue weighted by atomic mass is 79.9. The maximum Gasteiger partial charge on any atom is 0.141 e. The second kappa shape index (κ2) is 8.81. The Hall–Kier alpha value is -1.73. The lowest BCUT2D eigenvalue weighted by molar-refractivity contribution is -0.0151. The maximum absolute atomic E-state index is 10.9. The summed E-state index contributed by atoms with van der Waals surface area (Å²) < 4.78 is 9.49. The lowest BCUT2D eigenvalue weighted by Crippen LogP contribution is -2.47. The second-order valence-electron chi connectivity index (χ2n) is 10.4. The number of benzene rings is 2. The van der Waals surface area contributed by atoms with Crippen LogP contribution in [0.2, 0.25) is 0 Å². The minimum atomic E-state index is -1.02. The summed E-state index contributed by atoms with van der Waals surface area (Å²) in [5.74, 6) is 1.38. The van der Waals surface area contributed by atoms with E-state index in [-0.39, 0.29) is 12.1 Å². The van der Waals surface area contributed by atoms with Crippen molar-refractivity contribution >= 4 is 27.0 Å². The van der Waals surface area contributed by atoms with Crippen molar-refractivity contribution in [1.82, 2.24) is 14.5 Å². The normalized spacial score (nSPS) is 23.9. The van der Waals surface area contributed by atoms with Crippen LogP contribution in [-0.4, -0.2) is 52.4 Å². The zero-order valence-electron chi connectivity index (χ0n) is 20.0. The summed E-state index contributed by atoms with van der Waals surface area (Å²) in [6, 6.07) is 13.2. The van der Waals surface area contributed by atoms with Crippen LogP contribution in [0, 0.1) is 12.8 Å². The van der Waals surface area contributed by atoms with E-state index in [1.807, 2.05) is 21.0 Å². The molecule has 1 aliphatic heterocycles. The van der Waals surface area contributed by atoms with Gasteiger partial charge in [0, 0.05) is 31.2 Å². The first-order valence-corrected chi connectivity index (χ1v) is 12.8. The van der Waals surface area contributed by atoms with Crippen LogP contribution in [0.4, 0.5) is 0 Å². The summed E-state index contributed by atoms with van der Waals surface area (Å²) in [5.41, 5.74) is 5.16. The van der Waals surface area contributed by atoms with Gasteiger partial charge in [-0.05, 0) is 86.9 Å². The molecule has 5 nitrogen and oxygen atoms in total. The fourth-order valence-corrected chi connectivity index (χ4v) is 6.22. The molecule has 5 rings (SSSR count). The van der Waals surface area contributed by atoms with E-state index in [1.165, 1.54) is 21.2 Å². The number of hydrogen-bond donors (Lipinski definition) is 1. The van der Waals surface area contributed by atoms with Crippen molar-refractivity contribution in [1.29, 1.82) is 0 Å². The average molecular weight is 512 g/mol. The highest BCUT2D eigenvalue weighted by molar-refractivity contribution is 9.10. The smallest absolute Gasteiger partial charge is 0.141 e. The molecule has 2 heterocycles. The number of hydrogen-bond acceptors (Lipinski definition) is 4. The van der Waals surface area contributed by atoms with Crippen LogP contribution in [0.15, 0.2) is 40.9 Å². The van der Waals surface area contributed by atoms with E-state index >= 15 is 0 Å². The molecule has 2 aromatic carbocycles. The first-order valence-electron chi connectivity index (χ1n) is 12.0. The molecular weight excluding hydrogens is 478 g/mol. The standard InChI is InChI=1S/C27H34BrN3O2/c1-17-5-8-23-22(11-17)29-26(27(2,3)32)31(23)24-9-10-30(16-25(24)33-4)15-18-12-19-6-7-21(28)14-20(19)13-18/h5-8,11,14,18,24-25,32H,9-10,12-13,15-16H2,1-4H3/t18?,24-,25-/m0/s1. The molecule has 6 heteroatoms. The van der Waals surface area contributed by atoms with Gasteiger partial charge >= 0.3 is 0 Å². The summed E-state index contributed by atoms with van der Waals surface area (Å²) in [5, 5.41) is 10.9. The van der Waals surface area contributed by atoms with Crippen molar-refractivity contribution in [2.45, 2.75) is 57.8 Å². The van der Waals surface area contributed by atoms with Crippen molar-refractivity contribution in [3.63, 3.8) is 0 Å². The van der Waals surface area contributed by atoms with Gasteiger partial charge in [0.15, 0.2) is 0 Å². The predicted molar refractivity (Wildman–Crippen MR) is 136 cm³/mol. The Bertz CT molecular complexity index is 1170. The van der Waals surface area contributed by atoms with E-state index in [9.17, 15) is 5.11 Å². The van der Waals surface area contributed by atoms with Crippen molar-refractivity contribution < 1.29 is 9.84 Å². The fourth-order valence-electron chi connectivity index (χ4n) is 5.81. The van der Waals surface area contributed by atoms with Gasteiger partial charge in [-0.25, -0.2) is 4.98 Å². The van der Waals surface area contributed by atoms with E-state index in [4.69, 9.17) is 9.72 Å². The molecule has 1 aliphatic carbocycles. The molecule has 33 heavy (non-hydrogen) atoms. The van der Waals surface area contributed by atoms with Gasteiger partial charge in [0.1, 0.15) is 11.4 Å². The molecule has 0 radical (unpaired) electrons. The van der Waals surface area contributed by atoms with Crippen molar-refractivity contribution in [3.8, 4) is 0 Å². The van der Waals surface area contributed by atoms with E-state index in [0.29, 0.717) is 5.92 Å². The number of halogens is 1. The molecular formula is C27H34BrN3O2. The number of fused-ring (bicyclic) bond motifs is 2. The molecule has 1 aromatic heterocycles. The van der Waals surface area contributed by atoms with Gasteiger partial charge in [0.2, 0.25) is 0 Å². The summed E-state index contributed by atoms with van der Waals surface area (Å²) in [6.07, 6.45) is 3.35. The third-order valence-corrected chi connectivity index (χ3v) is 7.83. The highest BCUT2D eigenvalue weighted by Crippen LogP contribution is 2.36. The molecule has 2 aliphatic rings. The number of piperidine rings is 1. The van der Waals surface area contributed by atoms with E-state index in [0.717, 1.165) is 55.8 Å². The molecule has 0 bridgehead atoms. The summed E-state index contributed by atoms with van der Waals surface area (Å²) in [6.45, 7) is 8.75. The van der Waals surface area contributed by atoms with Gasteiger partial charge < -0.3 is 19.3 Å². The molecule has 1 N–H and O–H groups in total. The minimum absolute atomic E-state index is 0.0523. The lowest BCUT2D eigenvalue weighted by Gasteiger charge is -2.40. The van der Waals surface area contributed by atoms with Crippen LogP contribution in [0.3, 0.4) is 0 Å². The molecule has 0 amide bonds. The molecule has 176 valence electrons. The van der Waals surface area contributed by atoms with Gasteiger partial charge in [0.25, 0.3) is 0 Å². The van der Waals surface area contributed by atoms with E-state index < -0.39 is 5.60 Å². The quantitative estimate of drug-likeness (QED) is 0.522. The summed E-state index contributed by atoms with van der Waals surface area (Å²) in [7, 11) is 1.82. The zero-order valence-corrected chi connectivity index (χ0v) is 21.6. The van der Waals surface area contributed by atoms with E-state index in [2.05, 4.69) is 68.7 Å². The number of aromatic nitrogens is 2. The van der Waals surface area contributed by atoms with Crippen LogP contribution in [0.25, 0.3) is 11.0 Å². The summed E-state index contributed by atoms with van der Waals surface area (Å²) in [4.78, 5) is 7.43. The Balaban J connectivity index is 1.36. The third kappa shape index (κ3) is 4.51. The molecule has 3 aromatic rings. The number of imidazole rings is 1. The number of aliphatic hydroxyl groups is 1. The Morgan fingerprint density at radius 3 is 2.70 bits per heavy atom. The number of rotatable bonds is 5. The SMILES string of the molecule is CO[C@H]1CN(CC2Cc3ccc(Br)cc3C2)CC[C@@H]1n1c(C(C)(C)O)nc2cc(C)ccc21. The van der Waals surface area contributed by atoms with Gasteiger partial charge in [-0.3, -0.25) is 0 Å². The predicted octanol–water partition coefficient (Wildman–Crippen LogP) is 5.01. The van der Waals surface area contributed by atoms with E-state index in [1.54, 1.807) is 0 Å². The lowest BCUT2D eigenvalue weighted by atomic mass is 9.97. The second-order valence-corrected chi connectivity index (χ2v) is 11.3. The number of nitrogens with zero attached hydrogens (tertiary/aromatic N) is 3. The number of ether oxygens (including phenoxy) is 1. The Morgan fingerprint density at radius 1 is 1.15 bits per heavy atom. The highest BCUT2D eigenvalue weighted by Gasteiger charge is 2.37. The van der Waals surface area contributed by atoms with Gasteiger partial charge in [-0.1, -0.05) is 28.1 Å². The average Bonchev–Trinajstić information content (AvgIpc) is 3.33. The van der Waals surface area contributed by atoms with Crippen LogP contribution in [-0.2, 0) is 23.2 Å².